The molecule has 0 aromatic rings. The number of amides is 2. The van der Waals surface area contributed by atoms with Crippen LogP contribution in [0.4, 0.5) is 4.79 Å². The molecule has 4 heteroatoms. The maximum atomic E-state index is 10.5. The van der Waals surface area contributed by atoms with Crippen LogP contribution in [0.5, 0.6) is 0 Å². The number of hydrogen-bond acceptors (Lipinski definition) is 2. The molecular formula is C10H17N3O. The quantitative estimate of drug-likeness (QED) is 0.646. The van der Waals surface area contributed by atoms with Crippen LogP contribution in [0.1, 0.15) is 38.5 Å². The third-order valence-electron chi connectivity index (χ3n) is 3.15. The van der Waals surface area contributed by atoms with Gasteiger partial charge in [0.2, 0.25) is 0 Å². The zero-order chi connectivity index (χ0) is 9.97. The minimum atomic E-state index is -0.564. The molecule has 2 aliphatic rings. The Labute approximate surface area is 83.9 Å². The van der Waals surface area contributed by atoms with Crippen LogP contribution in [0.25, 0.3) is 0 Å². The molecule has 2 amide bonds. The molecule has 1 unspecified atom stereocenters. The zero-order valence-electron chi connectivity index (χ0n) is 8.33. The molecule has 2 fully saturated rings. The van der Waals surface area contributed by atoms with Gasteiger partial charge >= 0.3 is 6.03 Å². The second-order valence-corrected chi connectivity index (χ2v) is 4.35. The van der Waals surface area contributed by atoms with E-state index in [1.807, 2.05) is 0 Å². The molecule has 0 saturated heterocycles. The number of urea groups is 1. The monoisotopic (exact) mass is 195 g/mol. The van der Waals surface area contributed by atoms with Crippen LogP contribution in [0.15, 0.2) is 5.10 Å². The van der Waals surface area contributed by atoms with Gasteiger partial charge < -0.3 is 5.73 Å². The van der Waals surface area contributed by atoms with Crippen molar-refractivity contribution in [2.75, 3.05) is 0 Å². The second kappa shape index (κ2) is 3.98. The molecule has 0 aromatic carbocycles. The predicted molar refractivity (Wildman–Crippen MR) is 54.8 cm³/mol. The largest absolute Gasteiger partial charge is 0.350 e. The van der Waals surface area contributed by atoms with E-state index in [-0.39, 0.29) is 0 Å². The average Bonchev–Trinajstić information content (AvgIpc) is 2.98. The molecule has 4 nitrogen and oxygen atoms in total. The molecule has 78 valence electrons. The van der Waals surface area contributed by atoms with Crippen molar-refractivity contribution in [2.24, 2.45) is 22.7 Å². The minimum Gasteiger partial charge on any atom is -0.350 e. The van der Waals surface area contributed by atoms with Gasteiger partial charge in [-0.25, -0.2) is 10.2 Å². The number of nitrogens with two attached hydrogens (primary N) is 1. The number of carbonyl (C=O) groups excluding carboxylic acids is 1. The van der Waals surface area contributed by atoms with Crippen molar-refractivity contribution in [3.63, 3.8) is 0 Å². The summed E-state index contributed by atoms with van der Waals surface area (Å²) in [6.07, 6.45) is 7.40. The van der Waals surface area contributed by atoms with E-state index in [1.54, 1.807) is 0 Å². The van der Waals surface area contributed by atoms with Crippen LogP contribution in [-0.2, 0) is 0 Å². The summed E-state index contributed by atoms with van der Waals surface area (Å²) < 4.78 is 0. The van der Waals surface area contributed by atoms with E-state index in [9.17, 15) is 4.79 Å². The van der Waals surface area contributed by atoms with E-state index in [1.165, 1.54) is 25.7 Å². The standard InChI is InChI=1S/C10H17N3O/c11-10(14)13-12-9-3-1-2-8(6-9)7-4-5-7/h7-8H,1-6H2,(H3,11,13,14)/b12-9+. The van der Waals surface area contributed by atoms with Gasteiger partial charge in [-0.1, -0.05) is 0 Å². The Morgan fingerprint density at radius 1 is 1.36 bits per heavy atom. The highest BCUT2D eigenvalue weighted by Gasteiger charge is 2.33. The van der Waals surface area contributed by atoms with E-state index in [4.69, 9.17) is 5.73 Å². The summed E-state index contributed by atoms with van der Waals surface area (Å²) in [5, 5.41) is 4.04. The van der Waals surface area contributed by atoms with Gasteiger partial charge in [-0.05, 0) is 50.4 Å². The highest BCUT2D eigenvalue weighted by molar-refractivity contribution is 5.86. The summed E-state index contributed by atoms with van der Waals surface area (Å²) in [5.41, 5.74) is 8.40. The van der Waals surface area contributed by atoms with Gasteiger partial charge in [0.05, 0.1) is 0 Å². The van der Waals surface area contributed by atoms with E-state index >= 15 is 0 Å². The lowest BCUT2D eigenvalue weighted by Crippen LogP contribution is -2.27. The lowest BCUT2D eigenvalue weighted by Gasteiger charge is -2.22. The summed E-state index contributed by atoms with van der Waals surface area (Å²) in [5.74, 6) is 1.76. The second-order valence-electron chi connectivity index (χ2n) is 4.35. The molecule has 0 aromatic heterocycles. The maximum absolute atomic E-state index is 10.5. The van der Waals surface area contributed by atoms with Crippen molar-refractivity contribution in [3.05, 3.63) is 0 Å². The SMILES string of the molecule is NC(=O)N/N=C1\CCCC(C2CC2)C1. The number of nitrogens with zero attached hydrogens (tertiary/aromatic N) is 1. The van der Waals surface area contributed by atoms with Gasteiger partial charge in [0.25, 0.3) is 0 Å². The molecule has 2 rings (SSSR count). The molecule has 2 saturated carbocycles. The first kappa shape index (κ1) is 9.49. The summed E-state index contributed by atoms with van der Waals surface area (Å²) in [6.45, 7) is 0. The molecule has 1 atom stereocenters. The Morgan fingerprint density at radius 2 is 2.14 bits per heavy atom. The molecule has 14 heavy (non-hydrogen) atoms. The van der Waals surface area contributed by atoms with Gasteiger partial charge in [0, 0.05) is 5.71 Å². The van der Waals surface area contributed by atoms with Crippen molar-refractivity contribution in [1.82, 2.24) is 5.43 Å². The lowest BCUT2D eigenvalue weighted by molar-refractivity contribution is 0.249. The number of primary amides is 1. The van der Waals surface area contributed by atoms with Crippen LogP contribution >= 0.6 is 0 Å². The van der Waals surface area contributed by atoms with Gasteiger partial charge in [0.15, 0.2) is 0 Å². The van der Waals surface area contributed by atoms with Crippen LogP contribution in [0.3, 0.4) is 0 Å². The minimum absolute atomic E-state index is 0.564. The highest BCUT2D eigenvalue weighted by Crippen LogP contribution is 2.43. The lowest BCUT2D eigenvalue weighted by atomic mass is 9.84. The molecule has 0 spiro atoms. The number of carbonyl (C=O) groups is 1. The summed E-state index contributed by atoms with van der Waals surface area (Å²) in [4.78, 5) is 10.5. The first-order valence-corrected chi connectivity index (χ1v) is 5.36. The molecule has 2 aliphatic carbocycles. The molecule has 3 N–H and O–H groups in total. The van der Waals surface area contributed by atoms with Crippen LogP contribution in [-0.4, -0.2) is 11.7 Å². The average molecular weight is 195 g/mol. The van der Waals surface area contributed by atoms with Crippen LogP contribution in [0, 0.1) is 11.8 Å². The maximum Gasteiger partial charge on any atom is 0.332 e. The number of rotatable bonds is 2. The number of hydrogen-bond donors (Lipinski definition) is 2. The fraction of sp³-hybridized carbons (Fsp3) is 0.800. The summed E-state index contributed by atoms with van der Waals surface area (Å²) in [7, 11) is 0. The fourth-order valence-electron chi connectivity index (χ4n) is 2.28. The zero-order valence-corrected chi connectivity index (χ0v) is 8.33. The third kappa shape index (κ3) is 2.47. The van der Waals surface area contributed by atoms with Crippen molar-refractivity contribution in [2.45, 2.75) is 38.5 Å². The fourth-order valence-corrected chi connectivity index (χ4v) is 2.28. The predicted octanol–water partition coefficient (Wildman–Crippen LogP) is 1.61. The molecular weight excluding hydrogens is 178 g/mol. The van der Waals surface area contributed by atoms with Gasteiger partial charge in [-0.2, -0.15) is 5.10 Å². The molecule has 0 heterocycles. The first-order chi connectivity index (χ1) is 6.75. The molecule has 0 aliphatic heterocycles. The van der Waals surface area contributed by atoms with Gasteiger partial charge in [-0.15, -0.1) is 0 Å². The van der Waals surface area contributed by atoms with Crippen LogP contribution in [0.2, 0.25) is 0 Å². The number of nitrogens with one attached hydrogen (secondary N) is 1. The van der Waals surface area contributed by atoms with Crippen molar-refractivity contribution in [3.8, 4) is 0 Å². The Kier molecular flexibility index (Phi) is 2.70. The normalized spacial score (nSPS) is 30.3. The highest BCUT2D eigenvalue weighted by atomic mass is 16.2. The van der Waals surface area contributed by atoms with Gasteiger partial charge in [-0.3, -0.25) is 0 Å². The topological polar surface area (TPSA) is 67.5 Å². The Bertz CT molecular complexity index is 258. The van der Waals surface area contributed by atoms with Gasteiger partial charge in [0.1, 0.15) is 0 Å². The van der Waals surface area contributed by atoms with E-state index in [2.05, 4.69) is 10.5 Å². The van der Waals surface area contributed by atoms with E-state index in [0.29, 0.717) is 0 Å². The van der Waals surface area contributed by atoms with Crippen molar-refractivity contribution >= 4 is 11.7 Å². The van der Waals surface area contributed by atoms with E-state index in [0.717, 1.165) is 30.4 Å². The smallest absolute Gasteiger partial charge is 0.332 e. The third-order valence-corrected chi connectivity index (χ3v) is 3.15. The Balaban J connectivity index is 1.86. The van der Waals surface area contributed by atoms with Crippen molar-refractivity contribution in [1.29, 1.82) is 0 Å². The molecule has 0 bridgehead atoms. The number of hydrazone groups is 1. The van der Waals surface area contributed by atoms with E-state index < -0.39 is 6.03 Å². The Hall–Kier alpha value is -1.06. The Morgan fingerprint density at radius 3 is 2.79 bits per heavy atom. The first-order valence-electron chi connectivity index (χ1n) is 5.36. The van der Waals surface area contributed by atoms with Crippen molar-refractivity contribution < 1.29 is 4.79 Å². The summed E-state index contributed by atoms with van der Waals surface area (Å²) in [6, 6.07) is -0.564. The molecule has 0 radical (unpaired) electrons. The summed E-state index contributed by atoms with van der Waals surface area (Å²) >= 11 is 0. The van der Waals surface area contributed by atoms with Crippen LogP contribution < -0.4 is 11.2 Å².